The molecule has 7 heteroatoms. The van der Waals surface area contributed by atoms with Gasteiger partial charge in [-0.2, -0.15) is 8.78 Å². The van der Waals surface area contributed by atoms with Crippen LogP contribution >= 0.6 is 0 Å². The second-order valence-electron chi connectivity index (χ2n) is 11.2. The van der Waals surface area contributed by atoms with Gasteiger partial charge in [0.2, 0.25) is 0 Å². The second-order valence-corrected chi connectivity index (χ2v) is 11.2. The summed E-state index contributed by atoms with van der Waals surface area (Å²) >= 11 is 0. The third-order valence-corrected chi connectivity index (χ3v) is 7.33. The summed E-state index contributed by atoms with van der Waals surface area (Å²) < 4.78 is 40.7. The van der Waals surface area contributed by atoms with Crippen molar-refractivity contribution in [2.45, 2.75) is 84.0 Å². The van der Waals surface area contributed by atoms with Gasteiger partial charge in [-0.1, -0.05) is 12.1 Å². The van der Waals surface area contributed by atoms with Gasteiger partial charge in [-0.15, -0.1) is 0 Å². The first kappa shape index (κ1) is 23.3. The van der Waals surface area contributed by atoms with E-state index in [0.717, 1.165) is 57.4 Å². The molecular formula is C25H36F2N2O3. The minimum atomic E-state index is -2.99. The van der Waals surface area contributed by atoms with Gasteiger partial charge in [0.15, 0.2) is 5.60 Å². The van der Waals surface area contributed by atoms with E-state index in [4.69, 9.17) is 9.47 Å². The Morgan fingerprint density at radius 2 is 1.66 bits per heavy atom. The van der Waals surface area contributed by atoms with Crippen LogP contribution in [0.2, 0.25) is 0 Å². The van der Waals surface area contributed by atoms with Crippen LogP contribution in [0.5, 0.6) is 5.75 Å². The number of hydrogen-bond donors (Lipinski definition) is 0. The smallest absolute Gasteiger partial charge is 0.410 e. The van der Waals surface area contributed by atoms with Crippen molar-refractivity contribution in [1.29, 1.82) is 0 Å². The molecule has 5 nitrogen and oxygen atoms in total. The fourth-order valence-electron chi connectivity index (χ4n) is 5.14. The van der Waals surface area contributed by atoms with E-state index >= 15 is 0 Å². The van der Waals surface area contributed by atoms with Crippen LogP contribution in [-0.2, 0) is 17.2 Å². The molecule has 0 radical (unpaired) electrons. The minimum Gasteiger partial charge on any atom is -0.480 e. The number of nitrogens with zero attached hydrogens (tertiary/aromatic N) is 2. The summed E-state index contributed by atoms with van der Waals surface area (Å²) in [6.07, 6.45) is 3.89. The molecule has 3 aliphatic heterocycles. The van der Waals surface area contributed by atoms with Crippen LogP contribution in [0.25, 0.3) is 0 Å². The summed E-state index contributed by atoms with van der Waals surface area (Å²) in [5, 5.41) is 0. The molecule has 2 fully saturated rings. The van der Waals surface area contributed by atoms with E-state index in [9.17, 15) is 13.6 Å². The van der Waals surface area contributed by atoms with Crippen LogP contribution in [-0.4, -0.2) is 53.3 Å². The number of fused-ring (bicyclic) bond motifs is 1. The number of amides is 1. The predicted molar refractivity (Wildman–Crippen MR) is 119 cm³/mol. The molecule has 0 atom stereocenters. The van der Waals surface area contributed by atoms with E-state index in [1.807, 2.05) is 31.7 Å². The Morgan fingerprint density at radius 3 is 2.25 bits per heavy atom. The predicted octanol–water partition coefficient (Wildman–Crippen LogP) is 5.56. The summed E-state index contributed by atoms with van der Waals surface area (Å²) in [6.45, 7) is 12.5. The lowest BCUT2D eigenvalue weighted by Gasteiger charge is -2.47. The molecule has 4 rings (SSSR count). The Labute approximate surface area is 190 Å². The van der Waals surface area contributed by atoms with Crippen molar-refractivity contribution in [2.75, 3.05) is 26.2 Å². The van der Waals surface area contributed by atoms with Crippen LogP contribution in [0.4, 0.5) is 13.6 Å². The third-order valence-electron chi connectivity index (χ3n) is 7.33. The highest BCUT2D eigenvalue weighted by molar-refractivity contribution is 5.68. The molecule has 32 heavy (non-hydrogen) atoms. The first-order valence-corrected chi connectivity index (χ1v) is 11.7. The number of likely N-dealkylation sites (tertiary alicyclic amines) is 2. The van der Waals surface area contributed by atoms with Crippen molar-refractivity contribution in [2.24, 2.45) is 5.41 Å². The third kappa shape index (κ3) is 4.33. The van der Waals surface area contributed by atoms with Gasteiger partial charge in [-0.25, -0.2) is 4.79 Å². The summed E-state index contributed by atoms with van der Waals surface area (Å²) in [5.41, 5.74) is -0.900. The zero-order valence-corrected chi connectivity index (χ0v) is 20.0. The largest absolute Gasteiger partial charge is 0.480 e. The Bertz CT molecular complexity index is 860. The lowest BCUT2D eigenvalue weighted by molar-refractivity contribution is -0.127. The van der Waals surface area contributed by atoms with Crippen molar-refractivity contribution in [3.05, 3.63) is 29.3 Å². The van der Waals surface area contributed by atoms with Crippen LogP contribution in [0, 0.1) is 5.41 Å². The fourth-order valence-corrected chi connectivity index (χ4v) is 5.14. The standard InChI is InChI=1S/C25H36F2N2O3/c1-22(2,3)32-21(30)29-15-11-24(12-16-29)9-13-28(14-10-24)17-18-7-6-8-19-20(18)31-23(4,5)25(19,26)27/h6-8H,9-17H2,1-5H3. The molecule has 0 N–H and O–H groups in total. The van der Waals surface area contributed by atoms with Gasteiger partial charge in [0.25, 0.3) is 0 Å². The van der Waals surface area contributed by atoms with E-state index in [-0.39, 0.29) is 17.1 Å². The lowest BCUT2D eigenvalue weighted by atomic mass is 9.71. The highest BCUT2D eigenvalue weighted by Gasteiger charge is 2.57. The molecule has 1 aromatic carbocycles. The summed E-state index contributed by atoms with van der Waals surface area (Å²) in [6, 6.07) is 5.10. The number of carbonyl (C=O) groups excluding carboxylic acids is 1. The van der Waals surface area contributed by atoms with Gasteiger partial charge < -0.3 is 14.4 Å². The first-order valence-electron chi connectivity index (χ1n) is 11.7. The summed E-state index contributed by atoms with van der Waals surface area (Å²) in [4.78, 5) is 16.5. The van der Waals surface area contributed by atoms with Crippen LogP contribution in [0.1, 0.15) is 71.4 Å². The molecule has 0 aliphatic carbocycles. The Kier molecular flexibility index (Phi) is 5.71. The highest BCUT2D eigenvalue weighted by atomic mass is 19.3. The average Bonchev–Trinajstić information content (AvgIpc) is 2.88. The molecule has 1 amide bonds. The number of halogens is 2. The minimum absolute atomic E-state index is 0.00277. The maximum absolute atomic E-state index is 14.7. The van der Waals surface area contributed by atoms with Gasteiger partial charge in [-0.3, -0.25) is 4.90 Å². The van der Waals surface area contributed by atoms with Crippen molar-refractivity contribution in [1.82, 2.24) is 9.80 Å². The van der Waals surface area contributed by atoms with Gasteiger partial charge >= 0.3 is 12.0 Å². The van der Waals surface area contributed by atoms with Crippen LogP contribution < -0.4 is 4.74 Å². The average molecular weight is 451 g/mol. The number of para-hydroxylation sites is 1. The molecular weight excluding hydrogens is 414 g/mol. The maximum atomic E-state index is 14.7. The van der Waals surface area contributed by atoms with E-state index in [2.05, 4.69) is 4.90 Å². The molecule has 3 aliphatic rings. The zero-order chi connectivity index (χ0) is 23.4. The normalized spacial score (nSPS) is 24.2. The molecule has 0 aromatic heterocycles. The Morgan fingerprint density at radius 1 is 1.06 bits per heavy atom. The van der Waals surface area contributed by atoms with Gasteiger partial charge in [-0.05, 0) is 84.9 Å². The maximum Gasteiger partial charge on any atom is 0.410 e. The number of alkyl halides is 2. The SMILES string of the molecule is CC(C)(C)OC(=O)N1CCC2(CCN(Cc3cccc4c3OC(C)(C)C4(F)F)CC2)CC1. The lowest BCUT2D eigenvalue weighted by Crippen LogP contribution is -2.49. The summed E-state index contributed by atoms with van der Waals surface area (Å²) in [5.74, 6) is -2.64. The van der Waals surface area contributed by atoms with E-state index in [1.165, 1.54) is 19.9 Å². The zero-order valence-electron chi connectivity index (χ0n) is 20.0. The molecule has 2 saturated heterocycles. The Hall–Kier alpha value is -1.89. The van der Waals surface area contributed by atoms with Crippen LogP contribution in [0.3, 0.4) is 0 Å². The van der Waals surface area contributed by atoms with Gasteiger partial charge in [0, 0.05) is 25.2 Å². The molecule has 0 unspecified atom stereocenters. The number of carbonyl (C=O) groups is 1. The summed E-state index contributed by atoms with van der Waals surface area (Å²) in [7, 11) is 0. The van der Waals surface area contributed by atoms with Crippen molar-refractivity contribution in [3.8, 4) is 5.75 Å². The molecule has 1 spiro atoms. The van der Waals surface area contributed by atoms with E-state index < -0.39 is 17.1 Å². The van der Waals surface area contributed by atoms with Gasteiger partial charge in [0.05, 0.1) is 5.56 Å². The number of rotatable bonds is 2. The van der Waals surface area contributed by atoms with E-state index in [1.54, 1.807) is 6.07 Å². The monoisotopic (exact) mass is 450 g/mol. The van der Waals surface area contributed by atoms with Crippen molar-refractivity contribution < 1.29 is 23.0 Å². The number of hydrogen-bond acceptors (Lipinski definition) is 4. The van der Waals surface area contributed by atoms with Crippen LogP contribution in [0.15, 0.2) is 18.2 Å². The first-order chi connectivity index (χ1) is 14.8. The topological polar surface area (TPSA) is 42.0 Å². The van der Waals surface area contributed by atoms with Gasteiger partial charge in [0.1, 0.15) is 11.4 Å². The van der Waals surface area contributed by atoms with E-state index in [0.29, 0.717) is 12.3 Å². The molecule has 1 aromatic rings. The number of ether oxygens (including phenoxy) is 2. The molecule has 0 bridgehead atoms. The number of piperidine rings is 2. The van der Waals surface area contributed by atoms with Crippen molar-refractivity contribution >= 4 is 6.09 Å². The Balaban J connectivity index is 1.34. The molecule has 178 valence electrons. The highest BCUT2D eigenvalue weighted by Crippen LogP contribution is 2.53. The fraction of sp³-hybridized carbons (Fsp3) is 0.720. The van der Waals surface area contributed by atoms with Crippen molar-refractivity contribution in [3.63, 3.8) is 0 Å². The number of benzene rings is 1. The molecule has 0 saturated carbocycles. The quantitative estimate of drug-likeness (QED) is 0.591. The molecule has 3 heterocycles. The second kappa shape index (κ2) is 7.86.